The van der Waals surface area contributed by atoms with Crippen LogP contribution in [0.2, 0.25) is 5.02 Å². The van der Waals surface area contributed by atoms with Crippen molar-refractivity contribution in [3.05, 3.63) is 23.2 Å². The van der Waals surface area contributed by atoms with E-state index in [1.165, 1.54) is 12.0 Å². The largest absolute Gasteiger partial charge is 0.495 e. The maximum absolute atomic E-state index is 12.6. The average Bonchev–Trinajstić information content (AvgIpc) is 3.28. The topological polar surface area (TPSA) is 75.7 Å². The predicted octanol–water partition coefficient (Wildman–Crippen LogP) is 2.71. The van der Waals surface area contributed by atoms with Crippen LogP contribution in [0.4, 0.5) is 5.69 Å². The summed E-state index contributed by atoms with van der Waals surface area (Å²) in [6.45, 7) is 0.124. The Morgan fingerprint density at radius 1 is 1.23 bits per heavy atom. The Morgan fingerprint density at radius 3 is 2.50 bits per heavy atom. The van der Waals surface area contributed by atoms with Crippen molar-refractivity contribution in [3.8, 4) is 5.75 Å². The minimum atomic E-state index is -0.286. The highest BCUT2D eigenvalue weighted by molar-refractivity contribution is 6.31. The average molecular weight is 377 g/mol. The van der Waals surface area contributed by atoms with Crippen molar-refractivity contribution in [2.45, 2.75) is 25.7 Å². The zero-order valence-electron chi connectivity index (χ0n) is 14.5. The molecule has 2 aliphatic carbocycles. The lowest BCUT2D eigenvalue weighted by Crippen LogP contribution is -2.35. The third-order valence-electron chi connectivity index (χ3n) is 6.02. The third kappa shape index (κ3) is 2.76. The lowest BCUT2D eigenvalue weighted by atomic mass is 9.81. The van der Waals surface area contributed by atoms with Crippen LogP contribution in [-0.2, 0) is 14.4 Å². The van der Waals surface area contributed by atoms with E-state index in [4.69, 9.17) is 16.3 Å². The number of carbonyl (C=O) groups is 3. The van der Waals surface area contributed by atoms with Crippen molar-refractivity contribution in [2.75, 3.05) is 19.0 Å². The molecule has 1 heterocycles. The van der Waals surface area contributed by atoms with Gasteiger partial charge in [-0.05, 0) is 49.3 Å². The van der Waals surface area contributed by atoms with Gasteiger partial charge in [0.1, 0.15) is 5.75 Å². The second kappa shape index (κ2) is 6.58. The lowest BCUT2D eigenvalue weighted by molar-refractivity contribution is -0.140. The summed E-state index contributed by atoms with van der Waals surface area (Å²) in [5, 5.41) is 3.22. The van der Waals surface area contributed by atoms with E-state index in [-0.39, 0.29) is 42.5 Å². The molecule has 0 radical (unpaired) electrons. The molecule has 2 bridgehead atoms. The molecule has 1 saturated heterocycles. The lowest BCUT2D eigenvalue weighted by Gasteiger charge is -2.19. The number of methoxy groups -OCH3 is 1. The van der Waals surface area contributed by atoms with Gasteiger partial charge >= 0.3 is 0 Å². The Hall–Kier alpha value is -2.08. The fourth-order valence-corrected chi connectivity index (χ4v) is 5.07. The molecule has 7 heteroatoms. The van der Waals surface area contributed by atoms with Crippen LogP contribution in [0.15, 0.2) is 18.2 Å². The maximum Gasteiger partial charge on any atom is 0.233 e. The highest BCUT2D eigenvalue weighted by Gasteiger charge is 2.60. The summed E-state index contributed by atoms with van der Waals surface area (Å²) in [5.74, 6) is 0.482. The van der Waals surface area contributed by atoms with Gasteiger partial charge in [-0.15, -0.1) is 0 Å². The van der Waals surface area contributed by atoms with Crippen LogP contribution >= 0.6 is 11.6 Å². The number of benzene rings is 1. The van der Waals surface area contributed by atoms with Crippen LogP contribution in [0.25, 0.3) is 0 Å². The van der Waals surface area contributed by atoms with Gasteiger partial charge < -0.3 is 10.1 Å². The van der Waals surface area contributed by atoms with Crippen molar-refractivity contribution in [2.24, 2.45) is 23.7 Å². The van der Waals surface area contributed by atoms with Crippen LogP contribution in [0.3, 0.4) is 0 Å². The highest BCUT2D eigenvalue weighted by Crippen LogP contribution is 2.56. The van der Waals surface area contributed by atoms with Crippen molar-refractivity contribution in [1.29, 1.82) is 0 Å². The van der Waals surface area contributed by atoms with E-state index in [1.54, 1.807) is 18.2 Å². The molecule has 2 saturated carbocycles. The quantitative estimate of drug-likeness (QED) is 0.802. The monoisotopic (exact) mass is 376 g/mol. The maximum atomic E-state index is 12.6. The van der Waals surface area contributed by atoms with Crippen LogP contribution in [0.1, 0.15) is 25.7 Å². The standard InChI is InChI=1S/C19H21ClN2O4/c1-26-14-5-4-12(20)9-13(14)21-15(23)6-7-22-18(24)16-10-2-3-11(8-10)17(16)19(22)25/h4-5,9-11,16-17H,2-3,6-8H2,1H3,(H,21,23)/t10-,11-,16-,17+/m1/s1. The number of carbonyl (C=O) groups excluding carboxylic acids is 3. The SMILES string of the molecule is COc1ccc(Cl)cc1NC(=O)CCN1C(=O)[C@@H]2[C@@H]3CC[C@H](C3)[C@@H]2C1=O. The first-order valence-corrected chi connectivity index (χ1v) is 9.36. The molecule has 4 atom stereocenters. The number of fused-ring (bicyclic) bond motifs is 5. The van der Waals surface area contributed by atoms with E-state index in [1.807, 2.05) is 0 Å². The summed E-state index contributed by atoms with van der Waals surface area (Å²) >= 11 is 5.96. The molecule has 3 fully saturated rings. The zero-order chi connectivity index (χ0) is 18.4. The fourth-order valence-electron chi connectivity index (χ4n) is 4.89. The van der Waals surface area contributed by atoms with Crippen molar-refractivity contribution in [3.63, 3.8) is 0 Å². The molecule has 1 aromatic carbocycles. The number of halogens is 1. The summed E-state index contributed by atoms with van der Waals surface area (Å²) in [6.07, 6.45) is 3.17. The number of ether oxygens (including phenoxy) is 1. The smallest absolute Gasteiger partial charge is 0.233 e. The van der Waals surface area contributed by atoms with Gasteiger partial charge in [-0.3, -0.25) is 19.3 Å². The molecule has 4 rings (SSSR count). The molecule has 1 aliphatic heterocycles. The molecule has 1 aromatic rings. The number of imide groups is 1. The van der Waals surface area contributed by atoms with E-state index in [9.17, 15) is 14.4 Å². The zero-order valence-corrected chi connectivity index (χ0v) is 15.3. The minimum Gasteiger partial charge on any atom is -0.495 e. The Balaban J connectivity index is 1.39. The van der Waals surface area contributed by atoms with Gasteiger partial charge in [-0.2, -0.15) is 0 Å². The fraction of sp³-hybridized carbons (Fsp3) is 0.526. The van der Waals surface area contributed by atoms with E-state index in [0.29, 0.717) is 28.3 Å². The Kier molecular flexibility index (Phi) is 4.39. The molecule has 3 aliphatic rings. The van der Waals surface area contributed by atoms with Crippen LogP contribution in [-0.4, -0.2) is 36.3 Å². The first-order valence-electron chi connectivity index (χ1n) is 8.98. The molecule has 26 heavy (non-hydrogen) atoms. The second-order valence-corrected chi connectivity index (χ2v) is 7.79. The molecular formula is C19H21ClN2O4. The highest BCUT2D eigenvalue weighted by atomic mass is 35.5. The number of rotatable bonds is 5. The predicted molar refractivity (Wildman–Crippen MR) is 95.8 cm³/mol. The van der Waals surface area contributed by atoms with Crippen LogP contribution in [0.5, 0.6) is 5.75 Å². The normalized spacial score (nSPS) is 29.2. The second-order valence-electron chi connectivity index (χ2n) is 7.36. The molecule has 0 aromatic heterocycles. The number of hydrogen-bond acceptors (Lipinski definition) is 4. The number of nitrogens with zero attached hydrogens (tertiary/aromatic N) is 1. The number of nitrogens with one attached hydrogen (secondary N) is 1. The molecule has 138 valence electrons. The minimum absolute atomic E-state index is 0.0575. The van der Waals surface area contributed by atoms with Gasteiger partial charge in [0.15, 0.2) is 0 Å². The summed E-state index contributed by atoms with van der Waals surface area (Å²) in [4.78, 5) is 38.9. The first kappa shape index (κ1) is 17.3. The van der Waals surface area contributed by atoms with E-state index in [2.05, 4.69) is 5.32 Å². The van der Waals surface area contributed by atoms with Crippen LogP contribution in [0, 0.1) is 23.7 Å². The van der Waals surface area contributed by atoms with E-state index >= 15 is 0 Å². The van der Waals surface area contributed by atoms with Crippen LogP contribution < -0.4 is 10.1 Å². The molecular weight excluding hydrogens is 356 g/mol. The molecule has 3 amide bonds. The molecule has 0 spiro atoms. The summed E-state index contributed by atoms with van der Waals surface area (Å²) in [5.41, 5.74) is 0.471. The Bertz CT molecular complexity index is 753. The molecule has 6 nitrogen and oxygen atoms in total. The van der Waals surface area contributed by atoms with Crippen molar-refractivity contribution in [1.82, 2.24) is 4.90 Å². The van der Waals surface area contributed by atoms with Gasteiger partial charge in [0.2, 0.25) is 17.7 Å². The Labute approximate surface area is 156 Å². The summed E-state index contributed by atoms with van der Waals surface area (Å²) in [7, 11) is 1.51. The number of likely N-dealkylation sites (tertiary alicyclic amines) is 1. The molecule has 0 unspecified atom stereocenters. The van der Waals surface area contributed by atoms with Gasteiger partial charge in [0.25, 0.3) is 0 Å². The van der Waals surface area contributed by atoms with Gasteiger partial charge in [0, 0.05) is 18.0 Å². The van der Waals surface area contributed by atoms with Gasteiger partial charge in [0.05, 0.1) is 24.6 Å². The van der Waals surface area contributed by atoms with Crippen molar-refractivity contribution < 1.29 is 19.1 Å². The van der Waals surface area contributed by atoms with Gasteiger partial charge in [-0.25, -0.2) is 0 Å². The Morgan fingerprint density at radius 2 is 1.88 bits per heavy atom. The number of amides is 3. The molecule has 1 N–H and O–H groups in total. The number of anilines is 1. The first-order chi connectivity index (χ1) is 12.5. The van der Waals surface area contributed by atoms with Gasteiger partial charge in [-0.1, -0.05) is 11.6 Å². The van der Waals surface area contributed by atoms with E-state index in [0.717, 1.165) is 19.3 Å². The van der Waals surface area contributed by atoms with Crippen molar-refractivity contribution >= 4 is 35.0 Å². The number of hydrogen-bond donors (Lipinski definition) is 1. The summed E-state index contributed by atoms with van der Waals surface area (Å²) < 4.78 is 5.20. The third-order valence-corrected chi connectivity index (χ3v) is 6.25. The van der Waals surface area contributed by atoms with E-state index < -0.39 is 0 Å². The summed E-state index contributed by atoms with van der Waals surface area (Å²) in [6, 6.07) is 4.94.